The Morgan fingerprint density at radius 2 is 1.95 bits per heavy atom. The van der Waals surface area contributed by atoms with Gasteiger partial charge < -0.3 is 11.1 Å². The van der Waals surface area contributed by atoms with E-state index in [1.807, 2.05) is 42.5 Å². The molecule has 0 radical (unpaired) electrons. The maximum Gasteiger partial charge on any atom is 0.275 e. The van der Waals surface area contributed by atoms with Gasteiger partial charge in [-0.3, -0.25) is 9.89 Å². The van der Waals surface area contributed by atoms with Crippen molar-refractivity contribution in [1.29, 1.82) is 0 Å². The zero-order valence-electron chi connectivity index (χ0n) is 10.1. The van der Waals surface area contributed by atoms with Crippen molar-refractivity contribution in [2.45, 2.75) is 0 Å². The van der Waals surface area contributed by atoms with Crippen LogP contribution in [0.1, 0.15) is 10.5 Å². The van der Waals surface area contributed by atoms with E-state index in [0.717, 1.165) is 16.5 Å². The zero-order chi connectivity index (χ0) is 13.2. The van der Waals surface area contributed by atoms with Crippen molar-refractivity contribution >= 4 is 28.1 Å². The topological polar surface area (TPSA) is 83.8 Å². The lowest BCUT2D eigenvalue weighted by Crippen LogP contribution is -2.14. The lowest BCUT2D eigenvalue weighted by Gasteiger charge is -2.05. The molecule has 0 bridgehead atoms. The quantitative estimate of drug-likeness (QED) is 0.654. The Bertz CT molecular complexity index is 748. The fourth-order valence-electron chi connectivity index (χ4n) is 1.94. The average Bonchev–Trinajstić information content (AvgIpc) is 2.85. The van der Waals surface area contributed by atoms with Gasteiger partial charge in [0.05, 0.1) is 11.9 Å². The predicted octanol–water partition coefficient (Wildman–Crippen LogP) is 2.40. The normalized spacial score (nSPS) is 10.5. The number of aromatic nitrogens is 2. The van der Waals surface area contributed by atoms with Gasteiger partial charge in [-0.05, 0) is 22.9 Å². The average molecular weight is 252 g/mol. The van der Waals surface area contributed by atoms with Crippen LogP contribution in [0.2, 0.25) is 0 Å². The Morgan fingerprint density at radius 1 is 1.16 bits per heavy atom. The highest BCUT2D eigenvalue weighted by Crippen LogP contribution is 2.19. The summed E-state index contributed by atoms with van der Waals surface area (Å²) < 4.78 is 0. The molecule has 5 heteroatoms. The summed E-state index contributed by atoms with van der Waals surface area (Å²) in [6, 6.07) is 13.7. The van der Waals surface area contributed by atoms with Gasteiger partial charge in [-0.2, -0.15) is 5.10 Å². The number of rotatable bonds is 2. The summed E-state index contributed by atoms with van der Waals surface area (Å²) in [4.78, 5) is 12.0. The number of anilines is 2. The van der Waals surface area contributed by atoms with Gasteiger partial charge in [-0.15, -0.1) is 0 Å². The van der Waals surface area contributed by atoms with Gasteiger partial charge in [0, 0.05) is 5.69 Å². The van der Waals surface area contributed by atoms with E-state index in [-0.39, 0.29) is 11.6 Å². The number of H-pyrrole nitrogens is 1. The van der Waals surface area contributed by atoms with Crippen LogP contribution in [-0.2, 0) is 0 Å². The van der Waals surface area contributed by atoms with Gasteiger partial charge in [-0.1, -0.05) is 30.3 Å². The third-order valence-corrected chi connectivity index (χ3v) is 2.90. The minimum Gasteiger partial charge on any atom is -0.396 e. The Balaban J connectivity index is 1.89. The molecule has 4 N–H and O–H groups in total. The van der Waals surface area contributed by atoms with Crippen molar-refractivity contribution in [2.75, 3.05) is 11.1 Å². The first-order valence-electron chi connectivity index (χ1n) is 5.83. The molecule has 0 unspecified atom stereocenters. The molecule has 94 valence electrons. The summed E-state index contributed by atoms with van der Waals surface area (Å²) in [5, 5.41) is 11.3. The van der Waals surface area contributed by atoms with Crippen LogP contribution in [0.15, 0.2) is 48.7 Å². The number of carbonyl (C=O) groups excluding carboxylic acids is 1. The second-order valence-electron chi connectivity index (χ2n) is 4.22. The van der Waals surface area contributed by atoms with E-state index < -0.39 is 0 Å². The number of nitrogens with two attached hydrogens (primary N) is 1. The molecule has 0 spiro atoms. The highest BCUT2D eigenvalue weighted by molar-refractivity contribution is 6.06. The minimum atomic E-state index is -0.301. The van der Waals surface area contributed by atoms with E-state index in [4.69, 9.17) is 5.73 Å². The molecular formula is C14H12N4O. The van der Waals surface area contributed by atoms with Crippen molar-refractivity contribution < 1.29 is 4.79 Å². The lowest BCUT2D eigenvalue weighted by atomic mass is 10.1. The molecule has 0 aliphatic carbocycles. The second-order valence-corrected chi connectivity index (χ2v) is 4.22. The Morgan fingerprint density at radius 3 is 2.68 bits per heavy atom. The largest absolute Gasteiger partial charge is 0.396 e. The summed E-state index contributed by atoms with van der Waals surface area (Å²) in [5.41, 5.74) is 6.95. The number of aromatic amines is 1. The summed E-state index contributed by atoms with van der Waals surface area (Å²) in [6.45, 7) is 0. The third kappa shape index (κ3) is 2.13. The molecule has 0 saturated carbocycles. The van der Waals surface area contributed by atoms with Crippen molar-refractivity contribution in [3.8, 4) is 0 Å². The number of nitrogen functional groups attached to an aromatic ring is 1. The van der Waals surface area contributed by atoms with E-state index in [1.165, 1.54) is 6.20 Å². The van der Waals surface area contributed by atoms with E-state index in [9.17, 15) is 4.79 Å². The Hall–Kier alpha value is -2.82. The molecule has 3 aromatic rings. The fraction of sp³-hybridized carbons (Fsp3) is 0. The molecule has 1 aromatic heterocycles. The molecule has 1 amide bonds. The molecule has 0 aliphatic heterocycles. The molecule has 2 aromatic carbocycles. The van der Waals surface area contributed by atoms with Crippen molar-refractivity contribution in [2.24, 2.45) is 0 Å². The molecule has 5 nitrogen and oxygen atoms in total. The van der Waals surface area contributed by atoms with Crippen LogP contribution < -0.4 is 11.1 Å². The third-order valence-electron chi connectivity index (χ3n) is 2.90. The number of hydrogen-bond donors (Lipinski definition) is 3. The van der Waals surface area contributed by atoms with E-state index >= 15 is 0 Å². The number of carbonyl (C=O) groups is 1. The highest BCUT2D eigenvalue weighted by Gasteiger charge is 2.11. The van der Waals surface area contributed by atoms with Crippen molar-refractivity contribution in [1.82, 2.24) is 10.2 Å². The van der Waals surface area contributed by atoms with E-state index in [0.29, 0.717) is 5.69 Å². The molecule has 3 rings (SSSR count). The van der Waals surface area contributed by atoms with Crippen LogP contribution in [0.25, 0.3) is 10.8 Å². The first-order chi connectivity index (χ1) is 9.24. The smallest absolute Gasteiger partial charge is 0.275 e. The Labute approximate surface area is 109 Å². The first-order valence-corrected chi connectivity index (χ1v) is 5.83. The maximum atomic E-state index is 12.0. The molecular weight excluding hydrogens is 240 g/mol. The van der Waals surface area contributed by atoms with Crippen LogP contribution in [-0.4, -0.2) is 16.1 Å². The second kappa shape index (κ2) is 4.45. The van der Waals surface area contributed by atoms with Gasteiger partial charge in [0.25, 0.3) is 5.91 Å². The molecule has 1 heterocycles. The highest BCUT2D eigenvalue weighted by atomic mass is 16.1. The van der Waals surface area contributed by atoms with Gasteiger partial charge in [-0.25, -0.2) is 0 Å². The van der Waals surface area contributed by atoms with Gasteiger partial charge in [0.1, 0.15) is 5.69 Å². The summed E-state index contributed by atoms with van der Waals surface area (Å²) in [7, 11) is 0. The van der Waals surface area contributed by atoms with Gasteiger partial charge >= 0.3 is 0 Å². The molecule has 0 fully saturated rings. The minimum absolute atomic E-state index is 0.271. The number of amides is 1. The van der Waals surface area contributed by atoms with E-state index in [2.05, 4.69) is 15.5 Å². The fourth-order valence-corrected chi connectivity index (χ4v) is 1.94. The SMILES string of the molecule is Nc1cn[nH]c1C(=O)Nc1ccc2ccccc2c1. The van der Waals surface area contributed by atoms with Crippen LogP contribution in [0.3, 0.4) is 0 Å². The standard InChI is InChI=1S/C14H12N4O/c15-12-8-16-18-13(12)14(19)17-11-6-5-9-3-1-2-4-10(9)7-11/h1-8H,15H2,(H,16,18)(H,17,19). The first kappa shape index (κ1) is 11.3. The molecule has 0 aliphatic rings. The summed E-state index contributed by atoms with van der Waals surface area (Å²) in [5.74, 6) is -0.301. The molecule has 19 heavy (non-hydrogen) atoms. The lowest BCUT2D eigenvalue weighted by molar-refractivity contribution is 0.102. The molecule has 0 atom stereocenters. The zero-order valence-corrected chi connectivity index (χ0v) is 10.1. The van der Waals surface area contributed by atoms with Crippen molar-refractivity contribution in [3.63, 3.8) is 0 Å². The Kier molecular flexibility index (Phi) is 2.64. The van der Waals surface area contributed by atoms with Crippen LogP contribution >= 0.6 is 0 Å². The summed E-state index contributed by atoms with van der Waals surface area (Å²) in [6.07, 6.45) is 1.41. The number of nitrogens with one attached hydrogen (secondary N) is 2. The number of benzene rings is 2. The van der Waals surface area contributed by atoms with Crippen LogP contribution in [0, 0.1) is 0 Å². The van der Waals surface area contributed by atoms with Crippen molar-refractivity contribution in [3.05, 3.63) is 54.4 Å². The number of fused-ring (bicyclic) bond motifs is 1. The number of hydrogen-bond acceptors (Lipinski definition) is 3. The van der Waals surface area contributed by atoms with Crippen LogP contribution in [0.4, 0.5) is 11.4 Å². The van der Waals surface area contributed by atoms with Gasteiger partial charge in [0.2, 0.25) is 0 Å². The predicted molar refractivity (Wildman–Crippen MR) is 74.9 cm³/mol. The van der Waals surface area contributed by atoms with Gasteiger partial charge in [0.15, 0.2) is 0 Å². The van der Waals surface area contributed by atoms with Crippen LogP contribution in [0.5, 0.6) is 0 Å². The maximum absolute atomic E-state index is 12.0. The number of nitrogens with zero attached hydrogens (tertiary/aromatic N) is 1. The molecule has 0 saturated heterocycles. The monoisotopic (exact) mass is 252 g/mol. The summed E-state index contributed by atoms with van der Waals surface area (Å²) >= 11 is 0. The van der Waals surface area contributed by atoms with E-state index in [1.54, 1.807) is 0 Å².